The van der Waals surface area contributed by atoms with Crippen LogP contribution in [0.3, 0.4) is 0 Å². The molecule has 0 saturated heterocycles. The largest absolute Gasteiger partial charge is 0.366 e. The maximum absolute atomic E-state index is 13.4. The van der Waals surface area contributed by atoms with E-state index in [1.165, 1.54) is 6.07 Å². The van der Waals surface area contributed by atoms with Gasteiger partial charge in [0.25, 0.3) is 0 Å². The van der Waals surface area contributed by atoms with Crippen LogP contribution in [0.1, 0.15) is 13.8 Å². The van der Waals surface area contributed by atoms with Crippen LogP contribution in [0.25, 0.3) is 0 Å². The second-order valence-electron chi connectivity index (χ2n) is 4.03. The number of anilines is 1. The first-order chi connectivity index (χ1) is 6.49. The molecule has 0 unspecified atom stereocenters. The molecular weight excluding hydrogens is 179 g/mol. The lowest BCUT2D eigenvalue weighted by Gasteiger charge is -2.36. The van der Waals surface area contributed by atoms with Crippen LogP contribution in [0.5, 0.6) is 0 Å². The quantitative estimate of drug-likeness (QED) is 0.801. The Morgan fingerprint density at radius 3 is 2.43 bits per heavy atom. The second-order valence-corrected chi connectivity index (χ2v) is 4.03. The Balaban J connectivity index is 3.00. The molecule has 0 aromatic heterocycles. The molecule has 0 aliphatic rings. The fraction of sp³-hybridized carbons (Fsp3) is 0.455. The Morgan fingerprint density at radius 1 is 1.36 bits per heavy atom. The summed E-state index contributed by atoms with van der Waals surface area (Å²) in [5.74, 6) is -0.212. The van der Waals surface area contributed by atoms with E-state index in [1.807, 2.05) is 31.9 Å². The summed E-state index contributed by atoms with van der Waals surface area (Å²) in [5.41, 5.74) is 5.98. The molecule has 0 saturated carbocycles. The van der Waals surface area contributed by atoms with Gasteiger partial charge in [0, 0.05) is 19.1 Å². The van der Waals surface area contributed by atoms with Crippen molar-refractivity contribution >= 4 is 5.69 Å². The van der Waals surface area contributed by atoms with E-state index in [9.17, 15) is 4.39 Å². The van der Waals surface area contributed by atoms with Crippen LogP contribution in [0.2, 0.25) is 0 Å². The van der Waals surface area contributed by atoms with Crippen LogP contribution >= 0.6 is 0 Å². The van der Waals surface area contributed by atoms with Crippen molar-refractivity contribution in [1.29, 1.82) is 0 Å². The summed E-state index contributed by atoms with van der Waals surface area (Å²) in [6.45, 7) is 4.46. The Labute approximate surface area is 84.5 Å². The molecule has 0 radical (unpaired) electrons. The van der Waals surface area contributed by atoms with Gasteiger partial charge >= 0.3 is 0 Å². The zero-order valence-corrected chi connectivity index (χ0v) is 8.92. The molecule has 0 atom stereocenters. The molecule has 2 N–H and O–H groups in total. The minimum atomic E-state index is -0.234. The van der Waals surface area contributed by atoms with Gasteiger partial charge in [-0.15, -0.1) is 0 Å². The standard InChI is InChI=1S/C11H17FN2/c1-11(2,8-13)14(3)10-7-5-4-6-9(10)12/h4-7H,8,13H2,1-3H3. The smallest absolute Gasteiger partial charge is 0.146 e. The van der Waals surface area contributed by atoms with E-state index >= 15 is 0 Å². The third-order valence-corrected chi connectivity index (χ3v) is 2.62. The van der Waals surface area contributed by atoms with Crippen molar-refractivity contribution < 1.29 is 4.39 Å². The van der Waals surface area contributed by atoms with E-state index in [-0.39, 0.29) is 11.4 Å². The highest BCUT2D eigenvalue weighted by molar-refractivity contribution is 5.49. The molecule has 0 aliphatic heterocycles. The highest BCUT2D eigenvalue weighted by Gasteiger charge is 2.23. The first kappa shape index (κ1) is 11.0. The van der Waals surface area contributed by atoms with Crippen molar-refractivity contribution in [3.05, 3.63) is 30.1 Å². The molecule has 2 nitrogen and oxygen atoms in total. The van der Waals surface area contributed by atoms with Crippen LogP contribution in [-0.4, -0.2) is 19.1 Å². The van der Waals surface area contributed by atoms with Crippen LogP contribution in [0.15, 0.2) is 24.3 Å². The number of nitrogens with zero attached hydrogens (tertiary/aromatic N) is 1. The molecule has 0 spiro atoms. The minimum absolute atomic E-state index is 0.212. The lowest BCUT2D eigenvalue weighted by atomic mass is 10.0. The number of para-hydroxylation sites is 1. The average Bonchev–Trinajstić information content (AvgIpc) is 2.17. The maximum Gasteiger partial charge on any atom is 0.146 e. The Kier molecular flexibility index (Phi) is 3.11. The first-order valence-electron chi connectivity index (χ1n) is 4.67. The van der Waals surface area contributed by atoms with Crippen molar-refractivity contribution in [2.45, 2.75) is 19.4 Å². The monoisotopic (exact) mass is 196 g/mol. The fourth-order valence-corrected chi connectivity index (χ4v) is 1.19. The Morgan fingerprint density at radius 2 is 1.93 bits per heavy atom. The summed E-state index contributed by atoms with van der Waals surface area (Å²) in [7, 11) is 1.85. The molecule has 0 heterocycles. The lowest BCUT2D eigenvalue weighted by Crippen LogP contribution is -2.47. The highest BCUT2D eigenvalue weighted by Crippen LogP contribution is 2.23. The SMILES string of the molecule is CN(c1ccccc1F)C(C)(C)CN. The van der Waals surface area contributed by atoms with E-state index in [2.05, 4.69) is 0 Å². The number of hydrogen-bond acceptors (Lipinski definition) is 2. The molecule has 14 heavy (non-hydrogen) atoms. The van der Waals surface area contributed by atoms with Gasteiger partial charge in [0.15, 0.2) is 0 Å². The Bertz CT molecular complexity index is 310. The maximum atomic E-state index is 13.4. The number of likely N-dealkylation sites (N-methyl/N-ethyl adjacent to an activating group) is 1. The molecule has 78 valence electrons. The van der Waals surface area contributed by atoms with Crippen molar-refractivity contribution in [3.63, 3.8) is 0 Å². The number of halogens is 1. The van der Waals surface area contributed by atoms with E-state index < -0.39 is 0 Å². The van der Waals surface area contributed by atoms with Gasteiger partial charge in [-0.05, 0) is 26.0 Å². The molecule has 0 amide bonds. The predicted octanol–water partition coefficient (Wildman–Crippen LogP) is 2.00. The molecule has 0 bridgehead atoms. The van der Waals surface area contributed by atoms with Crippen LogP contribution in [0.4, 0.5) is 10.1 Å². The summed E-state index contributed by atoms with van der Waals surface area (Å²) in [4.78, 5) is 1.86. The van der Waals surface area contributed by atoms with Gasteiger partial charge in [0.1, 0.15) is 5.82 Å². The van der Waals surface area contributed by atoms with Gasteiger partial charge in [-0.1, -0.05) is 12.1 Å². The molecule has 1 aromatic rings. The highest BCUT2D eigenvalue weighted by atomic mass is 19.1. The fourth-order valence-electron chi connectivity index (χ4n) is 1.19. The minimum Gasteiger partial charge on any atom is -0.366 e. The number of nitrogens with two attached hydrogens (primary N) is 1. The van der Waals surface area contributed by atoms with Gasteiger partial charge in [-0.3, -0.25) is 0 Å². The summed E-state index contributed by atoms with van der Waals surface area (Å²) < 4.78 is 13.4. The summed E-state index contributed by atoms with van der Waals surface area (Å²) >= 11 is 0. The topological polar surface area (TPSA) is 29.3 Å². The number of benzene rings is 1. The van der Waals surface area contributed by atoms with Crippen molar-refractivity contribution in [3.8, 4) is 0 Å². The van der Waals surface area contributed by atoms with Gasteiger partial charge in [-0.2, -0.15) is 0 Å². The summed E-state index contributed by atoms with van der Waals surface area (Å²) in [6.07, 6.45) is 0. The van der Waals surface area contributed by atoms with Crippen LogP contribution in [-0.2, 0) is 0 Å². The third kappa shape index (κ3) is 2.04. The van der Waals surface area contributed by atoms with Crippen molar-refractivity contribution in [2.75, 3.05) is 18.5 Å². The molecule has 0 aliphatic carbocycles. The molecular formula is C11H17FN2. The van der Waals surface area contributed by atoms with Crippen LogP contribution in [0, 0.1) is 5.82 Å². The predicted molar refractivity (Wildman–Crippen MR) is 57.9 cm³/mol. The molecule has 1 aromatic carbocycles. The van der Waals surface area contributed by atoms with Crippen molar-refractivity contribution in [1.82, 2.24) is 0 Å². The van der Waals surface area contributed by atoms with E-state index in [0.717, 1.165) is 0 Å². The van der Waals surface area contributed by atoms with Gasteiger partial charge < -0.3 is 10.6 Å². The Hall–Kier alpha value is -1.09. The third-order valence-electron chi connectivity index (χ3n) is 2.62. The van der Waals surface area contributed by atoms with Gasteiger partial charge in [0.2, 0.25) is 0 Å². The molecule has 3 heteroatoms. The van der Waals surface area contributed by atoms with Crippen LogP contribution < -0.4 is 10.6 Å². The molecule has 1 rings (SSSR count). The van der Waals surface area contributed by atoms with E-state index in [1.54, 1.807) is 12.1 Å². The average molecular weight is 196 g/mol. The number of hydrogen-bond donors (Lipinski definition) is 1. The first-order valence-corrected chi connectivity index (χ1v) is 4.67. The van der Waals surface area contributed by atoms with E-state index in [4.69, 9.17) is 5.73 Å². The van der Waals surface area contributed by atoms with Crippen molar-refractivity contribution in [2.24, 2.45) is 5.73 Å². The summed E-state index contributed by atoms with van der Waals surface area (Å²) in [5, 5.41) is 0. The number of rotatable bonds is 3. The lowest BCUT2D eigenvalue weighted by molar-refractivity contribution is 0.488. The zero-order chi connectivity index (χ0) is 10.8. The molecule has 0 fully saturated rings. The zero-order valence-electron chi connectivity index (χ0n) is 8.92. The van der Waals surface area contributed by atoms with Gasteiger partial charge in [-0.25, -0.2) is 4.39 Å². The van der Waals surface area contributed by atoms with E-state index in [0.29, 0.717) is 12.2 Å². The summed E-state index contributed by atoms with van der Waals surface area (Å²) in [6, 6.07) is 6.72. The van der Waals surface area contributed by atoms with Gasteiger partial charge in [0.05, 0.1) is 5.69 Å². The second kappa shape index (κ2) is 3.96. The normalized spacial score (nSPS) is 11.5.